The van der Waals surface area contributed by atoms with E-state index in [9.17, 15) is 0 Å². The van der Waals surface area contributed by atoms with Crippen molar-refractivity contribution in [3.05, 3.63) is 30.0 Å². The van der Waals surface area contributed by atoms with E-state index >= 15 is 0 Å². The molecule has 0 aliphatic carbocycles. The zero-order valence-corrected chi connectivity index (χ0v) is 8.41. The summed E-state index contributed by atoms with van der Waals surface area (Å²) >= 11 is 0. The van der Waals surface area contributed by atoms with Crippen LogP contribution in [-0.2, 0) is 6.42 Å². The molecule has 0 unspecified atom stereocenters. The van der Waals surface area contributed by atoms with Gasteiger partial charge in [0.05, 0.1) is 0 Å². The SMILES string of the molecule is CCCc1ccc(-c2coc(C)n2)o1. The number of oxazole rings is 1. The first-order chi connectivity index (χ1) is 6.79. The van der Waals surface area contributed by atoms with Crippen molar-refractivity contribution in [1.82, 2.24) is 4.98 Å². The van der Waals surface area contributed by atoms with Crippen LogP contribution in [0.4, 0.5) is 0 Å². The van der Waals surface area contributed by atoms with Crippen molar-refractivity contribution in [2.24, 2.45) is 0 Å². The number of aryl methyl sites for hydroxylation is 2. The molecule has 74 valence electrons. The summed E-state index contributed by atoms with van der Waals surface area (Å²) < 4.78 is 10.7. The van der Waals surface area contributed by atoms with E-state index in [4.69, 9.17) is 8.83 Å². The standard InChI is InChI=1S/C11H13NO2/c1-3-4-9-5-6-11(14-9)10-7-13-8(2)12-10/h5-7H,3-4H2,1-2H3. The van der Waals surface area contributed by atoms with Crippen LogP contribution in [0.15, 0.2) is 27.2 Å². The van der Waals surface area contributed by atoms with E-state index in [0.717, 1.165) is 30.1 Å². The molecule has 0 N–H and O–H groups in total. The first kappa shape index (κ1) is 9.06. The normalized spacial score (nSPS) is 10.7. The minimum atomic E-state index is 0.661. The van der Waals surface area contributed by atoms with Crippen LogP contribution in [0.2, 0.25) is 0 Å². The third-order valence-electron chi connectivity index (χ3n) is 2.03. The summed E-state index contributed by atoms with van der Waals surface area (Å²) in [7, 11) is 0. The Bertz CT molecular complexity index is 414. The molecule has 2 rings (SSSR count). The molecule has 0 aromatic carbocycles. The Balaban J connectivity index is 2.24. The monoisotopic (exact) mass is 191 g/mol. The van der Waals surface area contributed by atoms with Crippen LogP contribution in [0.25, 0.3) is 11.5 Å². The minimum Gasteiger partial charge on any atom is -0.459 e. The van der Waals surface area contributed by atoms with E-state index < -0.39 is 0 Å². The van der Waals surface area contributed by atoms with Crippen LogP contribution < -0.4 is 0 Å². The van der Waals surface area contributed by atoms with Gasteiger partial charge in [-0.15, -0.1) is 0 Å². The molecule has 0 saturated heterocycles. The molecule has 0 aliphatic rings. The molecule has 14 heavy (non-hydrogen) atoms. The Morgan fingerprint density at radius 2 is 2.21 bits per heavy atom. The number of nitrogens with zero attached hydrogens (tertiary/aromatic N) is 1. The van der Waals surface area contributed by atoms with Crippen LogP contribution in [0.3, 0.4) is 0 Å². The van der Waals surface area contributed by atoms with E-state index in [1.54, 1.807) is 6.26 Å². The molecular weight excluding hydrogens is 178 g/mol. The predicted molar refractivity (Wildman–Crippen MR) is 52.9 cm³/mol. The molecule has 0 saturated carbocycles. The molecule has 3 nitrogen and oxygen atoms in total. The highest BCUT2D eigenvalue weighted by molar-refractivity contribution is 5.50. The number of rotatable bonds is 3. The molecule has 0 atom stereocenters. The third-order valence-corrected chi connectivity index (χ3v) is 2.03. The van der Waals surface area contributed by atoms with Gasteiger partial charge < -0.3 is 8.83 Å². The fraction of sp³-hybridized carbons (Fsp3) is 0.364. The molecular formula is C11H13NO2. The van der Waals surface area contributed by atoms with Crippen molar-refractivity contribution in [3.63, 3.8) is 0 Å². The quantitative estimate of drug-likeness (QED) is 0.747. The predicted octanol–water partition coefficient (Wildman–Crippen LogP) is 3.20. The van der Waals surface area contributed by atoms with E-state index in [1.165, 1.54) is 0 Å². The second-order valence-electron chi connectivity index (χ2n) is 3.27. The summed E-state index contributed by atoms with van der Waals surface area (Å²) in [6.45, 7) is 3.95. The van der Waals surface area contributed by atoms with Gasteiger partial charge in [-0.25, -0.2) is 4.98 Å². The van der Waals surface area contributed by atoms with Crippen molar-refractivity contribution < 1.29 is 8.83 Å². The molecule has 2 aromatic rings. The molecule has 2 aromatic heterocycles. The van der Waals surface area contributed by atoms with Crippen LogP contribution >= 0.6 is 0 Å². The number of hydrogen-bond acceptors (Lipinski definition) is 3. The summed E-state index contributed by atoms with van der Waals surface area (Å²) in [4.78, 5) is 4.19. The van der Waals surface area contributed by atoms with Gasteiger partial charge in [0.15, 0.2) is 11.7 Å². The Morgan fingerprint density at radius 1 is 1.36 bits per heavy atom. The van der Waals surface area contributed by atoms with Gasteiger partial charge in [0.2, 0.25) is 0 Å². The second-order valence-corrected chi connectivity index (χ2v) is 3.27. The van der Waals surface area contributed by atoms with Gasteiger partial charge in [-0.2, -0.15) is 0 Å². The minimum absolute atomic E-state index is 0.661. The summed E-state index contributed by atoms with van der Waals surface area (Å²) in [5.41, 5.74) is 0.768. The van der Waals surface area contributed by atoms with Gasteiger partial charge in [0.25, 0.3) is 0 Å². The second kappa shape index (κ2) is 3.70. The average Bonchev–Trinajstić information content (AvgIpc) is 2.74. The molecule has 0 radical (unpaired) electrons. The fourth-order valence-electron chi connectivity index (χ4n) is 1.37. The van der Waals surface area contributed by atoms with Gasteiger partial charge >= 0.3 is 0 Å². The maximum Gasteiger partial charge on any atom is 0.191 e. The van der Waals surface area contributed by atoms with Crippen LogP contribution in [0.1, 0.15) is 25.0 Å². The number of furan rings is 1. The highest BCUT2D eigenvalue weighted by Crippen LogP contribution is 2.21. The van der Waals surface area contributed by atoms with Gasteiger partial charge in [-0.3, -0.25) is 0 Å². The smallest absolute Gasteiger partial charge is 0.191 e. The Morgan fingerprint density at radius 3 is 2.86 bits per heavy atom. The summed E-state index contributed by atoms with van der Waals surface area (Å²) in [6.07, 6.45) is 3.67. The van der Waals surface area contributed by atoms with Crippen molar-refractivity contribution in [3.8, 4) is 11.5 Å². The maximum atomic E-state index is 5.60. The zero-order chi connectivity index (χ0) is 9.97. The highest BCUT2D eigenvalue weighted by Gasteiger charge is 2.07. The fourth-order valence-corrected chi connectivity index (χ4v) is 1.37. The highest BCUT2D eigenvalue weighted by atomic mass is 16.4. The molecule has 3 heteroatoms. The number of aromatic nitrogens is 1. The molecule has 0 aliphatic heterocycles. The lowest BCUT2D eigenvalue weighted by Gasteiger charge is -1.90. The summed E-state index contributed by atoms with van der Waals surface area (Å²) in [5.74, 6) is 2.45. The van der Waals surface area contributed by atoms with Crippen molar-refractivity contribution >= 4 is 0 Å². The van der Waals surface area contributed by atoms with Gasteiger partial charge in [0.1, 0.15) is 17.7 Å². The Labute approximate surface area is 82.8 Å². The van der Waals surface area contributed by atoms with Crippen molar-refractivity contribution in [2.45, 2.75) is 26.7 Å². The molecule has 0 spiro atoms. The molecule has 2 heterocycles. The zero-order valence-electron chi connectivity index (χ0n) is 8.41. The average molecular weight is 191 g/mol. The summed E-state index contributed by atoms with van der Waals surface area (Å²) in [5, 5.41) is 0. The topological polar surface area (TPSA) is 39.2 Å². The third kappa shape index (κ3) is 1.71. The van der Waals surface area contributed by atoms with Crippen LogP contribution in [-0.4, -0.2) is 4.98 Å². The maximum absolute atomic E-state index is 5.60. The van der Waals surface area contributed by atoms with Crippen molar-refractivity contribution in [2.75, 3.05) is 0 Å². The number of hydrogen-bond donors (Lipinski definition) is 0. The Kier molecular flexibility index (Phi) is 2.39. The lowest BCUT2D eigenvalue weighted by Crippen LogP contribution is -1.76. The summed E-state index contributed by atoms with van der Waals surface area (Å²) in [6, 6.07) is 3.92. The lowest BCUT2D eigenvalue weighted by molar-refractivity contribution is 0.513. The molecule has 0 fully saturated rings. The first-order valence-corrected chi connectivity index (χ1v) is 4.81. The van der Waals surface area contributed by atoms with Gasteiger partial charge in [0, 0.05) is 13.3 Å². The van der Waals surface area contributed by atoms with Gasteiger partial charge in [-0.05, 0) is 18.6 Å². The Hall–Kier alpha value is -1.51. The van der Waals surface area contributed by atoms with Crippen molar-refractivity contribution in [1.29, 1.82) is 0 Å². The van der Waals surface area contributed by atoms with E-state index in [2.05, 4.69) is 11.9 Å². The van der Waals surface area contributed by atoms with E-state index in [1.807, 2.05) is 19.1 Å². The lowest BCUT2D eigenvalue weighted by atomic mass is 10.3. The van der Waals surface area contributed by atoms with Crippen LogP contribution in [0.5, 0.6) is 0 Å². The van der Waals surface area contributed by atoms with E-state index in [-0.39, 0.29) is 0 Å². The van der Waals surface area contributed by atoms with Crippen LogP contribution in [0, 0.1) is 6.92 Å². The largest absolute Gasteiger partial charge is 0.459 e. The molecule has 0 bridgehead atoms. The van der Waals surface area contributed by atoms with E-state index in [0.29, 0.717) is 5.89 Å². The first-order valence-electron chi connectivity index (χ1n) is 4.81. The molecule has 0 amide bonds. The van der Waals surface area contributed by atoms with Gasteiger partial charge in [-0.1, -0.05) is 6.92 Å².